The van der Waals surface area contributed by atoms with Crippen molar-refractivity contribution in [2.24, 2.45) is 0 Å². The van der Waals surface area contributed by atoms with E-state index in [2.05, 4.69) is 9.80 Å². The molecule has 0 saturated carbocycles. The Hall–Kier alpha value is -1.14. The van der Waals surface area contributed by atoms with Crippen LogP contribution in [-0.4, -0.2) is 74.2 Å². The van der Waals surface area contributed by atoms with Crippen LogP contribution in [-0.2, 0) is 19.1 Å². The first kappa shape index (κ1) is 15.3. The highest BCUT2D eigenvalue weighted by atomic mass is 16.5. The zero-order chi connectivity index (χ0) is 14.2. The van der Waals surface area contributed by atoms with Crippen LogP contribution in [0.2, 0.25) is 0 Å². The Balaban J connectivity index is 1.35. The zero-order valence-electron chi connectivity index (χ0n) is 12.0. The summed E-state index contributed by atoms with van der Waals surface area (Å²) in [5.74, 6) is -0.330. The Bertz CT molecular complexity index is 295. The largest absolute Gasteiger partial charge is 0.464 e. The molecule has 0 aromatic carbocycles. The third-order valence-electron chi connectivity index (χ3n) is 3.43. The van der Waals surface area contributed by atoms with Gasteiger partial charge in [-0.25, -0.2) is 0 Å². The van der Waals surface area contributed by atoms with Crippen molar-refractivity contribution in [3.05, 3.63) is 0 Å². The van der Waals surface area contributed by atoms with Crippen molar-refractivity contribution in [3.8, 4) is 0 Å². The van der Waals surface area contributed by atoms with Crippen molar-refractivity contribution in [2.75, 3.05) is 52.5 Å². The average Bonchev–Trinajstić information content (AvgIpc) is 3.28. The molecule has 0 aromatic heterocycles. The second kappa shape index (κ2) is 8.21. The highest BCUT2D eigenvalue weighted by molar-refractivity contribution is 5.70. The van der Waals surface area contributed by atoms with Crippen LogP contribution in [0.15, 0.2) is 0 Å². The predicted octanol–water partition coefficient (Wildman–Crippen LogP) is 0.264. The normalized spacial score (nSPS) is 17.8. The molecule has 0 aliphatic carbocycles. The van der Waals surface area contributed by atoms with E-state index in [1.165, 1.54) is 0 Å². The Morgan fingerprint density at radius 1 is 0.750 bits per heavy atom. The van der Waals surface area contributed by atoms with Crippen LogP contribution in [0, 0.1) is 0 Å². The molecule has 2 rings (SSSR count). The molecule has 0 N–H and O–H groups in total. The summed E-state index contributed by atoms with van der Waals surface area (Å²) >= 11 is 0. The van der Waals surface area contributed by atoms with Gasteiger partial charge in [0.15, 0.2) is 0 Å². The quantitative estimate of drug-likeness (QED) is 0.308. The van der Waals surface area contributed by atoms with E-state index in [9.17, 15) is 9.59 Å². The van der Waals surface area contributed by atoms with Gasteiger partial charge in [0.05, 0.1) is 0 Å². The van der Waals surface area contributed by atoms with Gasteiger partial charge < -0.3 is 9.47 Å². The summed E-state index contributed by atoms with van der Waals surface area (Å²) in [5, 5.41) is 0. The van der Waals surface area contributed by atoms with E-state index in [0.717, 1.165) is 39.3 Å². The van der Waals surface area contributed by atoms with Crippen molar-refractivity contribution in [1.29, 1.82) is 0 Å². The maximum Gasteiger partial charge on any atom is 0.305 e. The van der Waals surface area contributed by atoms with Crippen LogP contribution in [0.4, 0.5) is 0 Å². The lowest BCUT2D eigenvalue weighted by molar-refractivity contribution is -0.146. The number of unbranched alkanes of at least 4 members (excludes halogenated alkanes) is 1. The Morgan fingerprint density at radius 2 is 1.15 bits per heavy atom. The molecular formula is C14H24N2O4. The molecular weight excluding hydrogens is 260 g/mol. The van der Waals surface area contributed by atoms with E-state index in [1.807, 2.05) is 0 Å². The van der Waals surface area contributed by atoms with Crippen molar-refractivity contribution >= 4 is 11.9 Å². The smallest absolute Gasteiger partial charge is 0.305 e. The molecule has 2 aliphatic rings. The molecule has 0 bridgehead atoms. The number of esters is 2. The minimum atomic E-state index is -0.165. The molecule has 0 radical (unpaired) electrons. The van der Waals surface area contributed by atoms with Crippen molar-refractivity contribution < 1.29 is 19.1 Å². The van der Waals surface area contributed by atoms with Gasteiger partial charge >= 0.3 is 11.9 Å². The number of ether oxygens (including phenoxy) is 2. The number of rotatable bonds is 11. The van der Waals surface area contributed by atoms with Crippen molar-refractivity contribution in [1.82, 2.24) is 9.80 Å². The topological polar surface area (TPSA) is 58.6 Å². The summed E-state index contributed by atoms with van der Waals surface area (Å²) in [6.45, 7) is 7.14. The van der Waals surface area contributed by atoms with Crippen LogP contribution >= 0.6 is 0 Å². The molecule has 0 aromatic rings. The number of carbonyl (C=O) groups is 2. The molecule has 2 aliphatic heterocycles. The van der Waals surface area contributed by atoms with Crippen LogP contribution < -0.4 is 0 Å². The van der Waals surface area contributed by atoms with Gasteiger partial charge in [-0.05, 0) is 12.8 Å². The van der Waals surface area contributed by atoms with E-state index in [4.69, 9.17) is 9.47 Å². The Morgan fingerprint density at radius 3 is 1.50 bits per heavy atom. The fourth-order valence-electron chi connectivity index (χ4n) is 1.85. The maximum atomic E-state index is 11.4. The van der Waals surface area contributed by atoms with Gasteiger partial charge in [0.1, 0.15) is 13.2 Å². The molecule has 0 spiro atoms. The molecule has 2 saturated heterocycles. The van der Waals surface area contributed by atoms with E-state index < -0.39 is 0 Å². The highest BCUT2D eigenvalue weighted by Gasteiger charge is 2.17. The first-order chi connectivity index (χ1) is 9.74. The molecule has 0 atom stereocenters. The SMILES string of the molecule is O=C(CCCCC(=O)OCCN1CC1)OCCN1CC1. The van der Waals surface area contributed by atoms with Gasteiger partial charge in [-0.1, -0.05) is 0 Å². The van der Waals surface area contributed by atoms with E-state index >= 15 is 0 Å². The summed E-state index contributed by atoms with van der Waals surface area (Å²) in [6.07, 6.45) is 2.15. The lowest BCUT2D eigenvalue weighted by Crippen LogP contribution is -2.14. The van der Waals surface area contributed by atoms with Gasteiger partial charge in [-0.3, -0.25) is 19.4 Å². The van der Waals surface area contributed by atoms with Crippen LogP contribution in [0.1, 0.15) is 25.7 Å². The van der Waals surface area contributed by atoms with Gasteiger partial charge in [0.25, 0.3) is 0 Å². The number of hydrogen-bond acceptors (Lipinski definition) is 6. The van der Waals surface area contributed by atoms with Crippen molar-refractivity contribution in [3.63, 3.8) is 0 Å². The third-order valence-corrected chi connectivity index (χ3v) is 3.43. The van der Waals surface area contributed by atoms with Crippen LogP contribution in [0.25, 0.3) is 0 Å². The Labute approximate surface area is 120 Å². The molecule has 2 heterocycles. The second-order valence-electron chi connectivity index (χ2n) is 5.33. The fraction of sp³-hybridized carbons (Fsp3) is 0.857. The molecule has 6 nitrogen and oxygen atoms in total. The molecule has 0 unspecified atom stereocenters. The lowest BCUT2D eigenvalue weighted by atomic mass is 10.2. The summed E-state index contributed by atoms with van der Waals surface area (Å²) in [5.41, 5.74) is 0. The van der Waals surface area contributed by atoms with Gasteiger partial charge in [0.2, 0.25) is 0 Å². The van der Waals surface area contributed by atoms with Crippen LogP contribution in [0.3, 0.4) is 0 Å². The second-order valence-corrected chi connectivity index (χ2v) is 5.33. The van der Waals surface area contributed by atoms with Gasteiger partial charge in [-0.15, -0.1) is 0 Å². The number of carbonyl (C=O) groups excluding carboxylic acids is 2. The molecule has 6 heteroatoms. The average molecular weight is 284 g/mol. The molecule has 20 heavy (non-hydrogen) atoms. The van der Waals surface area contributed by atoms with Crippen LogP contribution in [0.5, 0.6) is 0 Å². The summed E-state index contributed by atoms with van der Waals surface area (Å²) in [6, 6.07) is 0. The molecule has 0 amide bonds. The fourth-order valence-corrected chi connectivity index (χ4v) is 1.85. The minimum absolute atomic E-state index is 0.165. The Kier molecular flexibility index (Phi) is 6.26. The zero-order valence-corrected chi connectivity index (χ0v) is 12.0. The minimum Gasteiger partial charge on any atom is -0.464 e. The summed E-state index contributed by atoms with van der Waals surface area (Å²) in [7, 11) is 0. The van der Waals surface area contributed by atoms with Gasteiger partial charge in [0, 0.05) is 52.1 Å². The number of hydrogen-bond donors (Lipinski definition) is 0. The van der Waals surface area contributed by atoms with E-state index in [-0.39, 0.29) is 11.9 Å². The highest BCUT2D eigenvalue weighted by Crippen LogP contribution is 2.06. The number of nitrogens with zero attached hydrogens (tertiary/aromatic N) is 2. The molecule has 114 valence electrons. The van der Waals surface area contributed by atoms with Gasteiger partial charge in [-0.2, -0.15) is 0 Å². The first-order valence-corrected chi connectivity index (χ1v) is 7.50. The first-order valence-electron chi connectivity index (χ1n) is 7.50. The maximum absolute atomic E-state index is 11.4. The monoisotopic (exact) mass is 284 g/mol. The summed E-state index contributed by atoms with van der Waals surface area (Å²) in [4.78, 5) is 27.2. The van der Waals surface area contributed by atoms with Crippen molar-refractivity contribution in [2.45, 2.75) is 25.7 Å². The van der Waals surface area contributed by atoms with E-state index in [1.54, 1.807) is 0 Å². The third kappa shape index (κ3) is 7.45. The molecule has 2 fully saturated rings. The summed E-state index contributed by atoms with van der Waals surface area (Å²) < 4.78 is 10.2. The predicted molar refractivity (Wildman–Crippen MR) is 73.3 cm³/mol. The van der Waals surface area contributed by atoms with E-state index in [0.29, 0.717) is 38.9 Å². The lowest BCUT2D eigenvalue weighted by Gasteiger charge is -2.06. The standard InChI is InChI=1S/C14H24N2O4/c17-13(19-11-9-15-5-6-15)3-1-2-4-14(18)20-12-10-16-7-8-16/h1-12H2.